The molecule has 1 unspecified atom stereocenters. The Balaban J connectivity index is 1.45. The number of likely N-dealkylation sites (tertiary alicyclic amines) is 1. The number of aryl methyl sites for hydroxylation is 1. The Morgan fingerprint density at radius 3 is 2.59 bits per heavy atom. The van der Waals surface area contributed by atoms with E-state index in [1.165, 1.54) is 31.2 Å². The summed E-state index contributed by atoms with van der Waals surface area (Å²) in [5, 5.41) is 3.31. The summed E-state index contributed by atoms with van der Waals surface area (Å²) in [6, 6.07) is 8.53. The van der Waals surface area contributed by atoms with Gasteiger partial charge >= 0.3 is 0 Å². The van der Waals surface area contributed by atoms with Crippen LogP contribution in [0.1, 0.15) is 62.5 Å². The minimum absolute atomic E-state index is 0.0188. The van der Waals surface area contributed by atoms with E-state index in [0.717, 1.165) is 37.8 Å². The smallest absolute Gasteiger partial charge is 0.227 e. The summed E-state index contributed by atoms with van der Waals surface area (Å²) in [6.45, 7) is 3.42. The molecule has 2 aliphatic carbocycles. The summed E-state index contributed by atoms with van der Waals surface area (Å²) < 4.78 is 0. The van der Waals surface area contributed by atoms with Crippen LogP contribution in [-0.2, 0) is 16.0 Å². The predicted octanol–water partition coefficient (Wildman–Crippen LogP) is 3.62. The van der Waals surface area contributed by atoms with Crippen molar-refractivity contribution < 1.29 is 9.59 Å². The molecule has 4 rings (SSSR count). The van der Waals surface area contributed by atoms with E-state index in [9.17, 15) is 9.59 Å². The molecule has 1 atom stereocenters. The van der Waals surface area contributed by atoms with Gasteiger partial charge in [0.1, 0.15) is 0 Å². The summed E-state index contributed by atoms with van der Waals surface area (Å²) in [5.41, 5.74) is 2.27. The zero-order valence-electron chi connectivity index (χ0n) is 16.5. The first-order chi connectivity index (χ1) is 13.1. The Kier molecular flexibility index (Phi) is 5.25. The quantitative estimate of drug-likeness (QED) is 0.882. The highest BCUT2D eigenvalue weighted by Gasteiger charge is 2.52. The SMILES string of the molecule is Cc1cccc(CC(=O)N2CC(C(=O)NC3CCCC3)C3(CCCC3)C2)c1. The minimum atomic E-state index is -0.0259. The number of amides is 2. The van der Waals surface area contributed by atoms with Crippen LogP contribution in [0.5, 0.6) is 0 Å². The van der Waals surface area contributed by atoms with E-state index in [2.05, 4.69) is 24.4 Å². The van der Waals surface area contributed by atoms with Crippen molar-refractivity contribution in [2.45, 2.75) is 70.8 Å². The van der Waals surface area contributed by atoms with Crippen molar-refractivity contribution in [3.05, 3.63) is 35.4 Å². The van der Waals surface area contributed by atoms with Gasteiger partial charge in [-0.05, 0) is 38.2 Å². The summed E-state index contributed by atoms with van der Waals surface area (Å²) in [7, 11) is 0. The van der Waals surface area contributed by atoms with Crippen LogP contribution in [0.15, 0.2) is 24.3 Å². The van der Waals surface area contributed by atoms with E-state index in [1.807, 2.05) is 17.0 Å². The van der Waals surface area contributed by atoms with Crippen molar-refractivity contribution in [1.82, 2.24) is 10.2 Å². The fraction of sp³-hybridized carbons (Fsp3) is 0.652. The molecule has 2 saturated carbocycles. The second-order valence-electron chi connectivity index (χ2n) is 9.05. The van der Waals surface area contributed by atoms with Crippen molar-refractivity contribution in [2.75, 3.05) is 13.1 Å². The zero-order chi connectivity index (χ0) is 18.9. The van der Waals surface area contributed by atoms with E-state index in [0.29, 0.717) is 19.0 Å². The highest BCUT2D eigenvalue weighted by atomic mass is 16.2. The first kappa shape index (κ1) is 18.5. The van der Waals surface area contributed by atoms with Crippen LogP contribution in [0.2, 0.25) is 0 Å². The van der Waals surface area contributed by atoms with Gasteiger partial charge in [-0.1, -0.05) is 55.5 Å². The maximum atomic E-state index is 13.1. The molecule has 1 heterocycles. The van der Waals surface area contributed by atoms with Gasteiger partial charge in [-0.25, -0.2) is 0 Å². The molecule has 3 fully saturated rings. The van der Waals surface area contributed by atoms with E-state index in [-0.39, 0.29) is 23.1 Å². The highest BCUT2D eigenvalue weighted by molar-refractivity contribution is 5.84. The molecule has 27 heavy (non-hydrogen) atoms. The summed E-state index contributed by atoms with van der Waals surface area (Å²) in [6.07, 6.45) is 9.66. The van der Waals surface area contributed by atoms with Crippen LogP contribution in [0.4, 0.5) is 0 Å². The summed E-state index contributed by atoms with van der Waals surface area (Å²) in [4.78, 5) is 28.0. The molecule has 0 radical (unpaired) electrons. The van der Waals surface area contributed by atoms with E-state index in [4.69, 9.17) is 0 Å². The Morgan fingerprint density at radius 2 is 1.89 bits per heavy atom. The second-order valence-corrected chi connectivity index (χ2v) is 9.05. The molecule has 1 aromatic carbocycles. The van der Waals surface area contributed by atoms with Crippen LogP contribution in [-0.4, -0.2) is 35.8 Å². The Labute approximate surface area is 162 Å². The Bertz CT molecular complexity index is 702. The lowest BCUT2D eigenvalue weighted by Gasteiger charge is -2.29. The van der Waals surface area contributed by atoms with Crippen molar-refractivity contribution in [1.29, 1.82) is 0 Å². The lowest BCUT2D eigenvalue weighted by atomic mass is 9.76. The third kappa shape index (κ3) is 3.90. The topological polar surface area (TPSA) is 49.4 Å². The van der Waals surface area contributed by atoms with Gasteiger partial charge in [-0.2, -0.15) is 0 Å². The monoisotopic (exact) mass is 368 g/mol. The number of rotatable bonds is 4. The molecule has 0 aromatic heterocycles. The molecule has 1 saturated heterocycles. The number of carbonyl (C=O) groups is 2. The van der Waals surface area contributed by atoms with Crippen LogP contribution in [0.3, 0.4) is 0 Å². The molecule has 1 N–H and O–H groups in total. The number of nitrogens with zero attached hydrogens (tertiary/aromatic N) is 1. The highest BCUT2D eigenvalue weighted by Crippen LogP contribution is 2.49. The normalized spacial score (nSPS) is 24.6. The number of hydrogen-bond acceptors (Lipinski definition) is 2. The fourth-order valence-electron chi connectivity index (χ4n) is 5.59. The fourth-order valence-corrected chi connectivity index (χ4v) is 5.59. The van der Waals surface area contributed by atoms with Crippen LogP contribution < -0.4 is 5.32 Å². The number of hydrogen-bond donors (Lipinski definition) is 1. The zero-order valence-corrected chi connectivity index (χ0v) is 16.5. The first-order valence-corrected chi connectivity index (χ1v) is 10.7. The maximum absolute atomic E-state index is 13.1. The van der Waals surface area contributed by atoms with Gasteiger partial charge in [-0.3, -0.25) is 9.59 Å². The van der Waals surface area contributed by atoms with Gasteiger partial charge in [0.15, 0.2) is 0 Å². The molecule has 2 amide bonds. The molecule has 0 bridgehead atoms. The van der Waals surface area contributed by atoms with Crippen molar-refractivity contribution >= 4 is 11.8 Å². The van der Waals surface area contributed by atoms with Gasteiger partial charge < -0.3 is 10.2 Å². The molecule has 1 aliphatic heterocycles. The summed E-state index contributed by atoms with van der Waals surface area (Å²) >= 11 is 0. The first-order valence-electron chi connectivity index (χ1n) is 10.7. The van der Waals surface area contributed by atoms with Gasteiger partial charge in [0.2, 0.25) is 11.8 Å². The molecule has 3 aliphatic rings. The lowest BCUT2D eigenvalue weighted by Crippen LogP contribution is -2.43. The molecule has 1 spiro atoms. The van der Waals surface area contributed by atoms with Gasteiger partial charge in [0.05, 0.1) is 12.3 Å². The van der Waals surface area contributed by atoms with Crippen LogP contribution in [0.25, 0.3) is 0 Å². The van der Waals surface area contributed by atoms with Crippen molar-refractivity contribution in [2.24, 2.45) is 11.3 Å². The Hall–Kier alpha value is -1.84. The predicted molar refractivity (Wildman–Crippen MR) is 106 cm³/mol. The third-order valence-electron chi connectivity index (χ3n) is 7.06. The Morgan fingerprint density at radius 1 is 1.15 bits per heavy atom. The minimum Gasteiger partial charge on any atom is -0.353 e. The van der Waals surface area contributed by atoms with Crippen molar-refractivity contribution in [3.63, 3.8) is 0 Å². The molecule has 146 valence electrons. The number of carbonyl (C=O) groups excluding carboxylic acids is 2. The van der Waals surface area contributed by atoms with Crippen molar-refractivity contribution in [3.8, 4) is 0 Å². The molecular formula is C23H32N2O2. The number of nitrogens with one attached hydrogen (secondary N) is 1. The van der Waals surface area contributed by atoms with E-state index >= 15 is 0 Å². The third-order valence-corrected chi connectivity index (χ3v) is 7.06. The second kappa shape index (κ2) is 7.65. The van der Waals surface area contributed by atoms with Gasteiger partial charge in [0.25, 0.3) is 0 Å². The lowest BCUT2D eigenvalue weighted by molar-refractivity contribution is -0.130. The largest absolute Gasteiger partial charge is 0.353 e. The summed E-state index contributed by atoms with van der Waals surface area (Å²) in [5.74, 6) is 0.347. The molecule has 4 heteroatoms. The molecule has 4 nitrogen and oxygen atoms in total. The molecular weight excluding hydrogens is 336 g/mol. The number of benzene rings is 1. The maximum Gasteiger partial charge on any atom is 0.227 e. The van der Waals surface area contributed by atoms with Gasteiger partial charge in [-0.15, -0.1) is 0 Å². The van der Waals surface area contributed by atoms with E-state index < -0.39 is 0 Å². The average molecular weight is 369 g/mol. The standard InChI is InChI=1S/C23H32N2O2/c1-17-7-6-8-18(13-17)14-21(26)25-15-20(23(16-25)11-4-5-12-23)22(27)24-19-9-2-3-10-19/h6-8,13,19-20H,2-5,9-12,14-16H2,1H3,(H,24,27). The van der Waals surface area contributed by atoms with Gasteiger partial charge in [0, 0.05) is 24.5 Å². The average Bonchev–Trinajstić information content (AvgIpc) is 3.38. The van der Waals surface area contributed by atoms with Crippen LogP contribution >= 0.6 is 0 Å². The van der Waals surface area contributed by atoms with E-state index in [1.54, 1.807) is 0 Å². The van der Waals surface area contributed by atoms with Crippen LogP contribution in [0, 0.1) is 18.3 Å². The molecule has 1 aromatic rings.